The zero-order valence-electron chi connectivity index (χ0n) is 8.84. The van der Waals surface area contributed by atoms with E-state index in [2.05, 4.69) is 0 Å². The van der Waals surface area contributed by atoms with E-state index in [4.69, 9.17) is 0 Å². The summed E-state index contributed by atoms with van der Waals surface area (Å²) in [5.74, 6) is 0.716. The summed E-state index contributed by atoms with van der Waals surface area (Å²) in [5, 5.41) is 0. The minimum absolute atomic E-state index is 0.339. The van der Waals surface area contributed by atoms with Crippen molar-refractivity contribution in [3.8, 4) is 0 Å². The molecule has 0 bridgehead atoms. The predicted molar refractivity (Wildman–Crippen MR) is 54.4 cm³/mol. The number of rotatable bonds is 4. The zero-order chi connectivity index (χ0) is 9.84. The summed E-state index contributed by atoms with van der Waals surface area (Å²) in [7, 11) is 3.92. The summed E-state index contributed by atoms with van der Waals surface area (Å²) >= 11 is 0. The van der Waals surface area contributed by atoms with Gasteiger partial charge in [-0.25, -0.2) is 0 Å². The van der Waals surface area contributed by atoms with Crippen molar-refractivity contribution in [2.45, 2.75) is 32.6 Å². The minimum Gasteiger partial charge on any atom is -0.383 e. The Morgan fingerprint density at radius 1 is 1.46 bits per heavy atom. The Morgan fingerprint density at radius 3 is 2.38 bits per heavy atom. The van der Waals surface area contributed by atoms with E-state index in [0.29, 0.717) is 11.7 Å². The van der Waals surface area contributed by atoms with Gasteiger partial charge in [-0.05, 0) is 19.3 Å². The van der Waals surface area contributed by atoms with Gasteiger partial charge in [0, 0.05) is 31.8 Å². The van der Waals surface area contributed by atoms with E-state index in [9.17, 15) is 4.79 Å². The van der Waals surface area contributed by atoms with Crippen molar-refractivity contribution in [2.24, 2.45) is 5.92 Å². The molecule has 1 aliphatic rings. The van der Waals surface area contributed by atoms with Crippen LogP contribution >= 0.6 is 0 Å². The lowest BCUT2D eigenvalue weighted by Gasteiger charge is -2.25. The van der Waals surface area contributed by atoms with E-state index < -0.39 is 0 Å². The predicted octanol–water partition coefficient (Wildman–Crippen LogP) is 2.21. The van der Waals surface area contributed by atoms with Crippen LogP contribution in [0.2, 0.25) is 0 Å². The molecule has 1 fully saturated rings. The molecule has 0 N–H and O–H groups in total. The fraction of sp³-hybridized carbons (Fsp3) is 0.727. The van der Waals surface area contributed by atoms with Crippen molar-refractivity contribution in [3.63, 3.8) is 0 Å². The van der Waals surface area contributed by atoms with Gasteiger partial charge in [-0.15, -0.1) is 0 Å². The number of allylic oxidation sites excluding steroid dienone is 1. The molecule has 0 aromatic rings. The summed E-state index contributed by atoms with van der Waals surface area (Å²) < 4.78 is 0. The van der Waals surface area contributed by atoms with Gasteiger partial charge in [0.05, 0.1) is 0 Å². The molecule has 0 amide bonds. The highest BCUT2D eigenvalue weighted by molar-refractivity contribution is 5.97. The highest BCUT2D eigenvalue weighted by atomic mass is 16.1. The molecule has 1 aliphatic carbocycles. The van der Waals surface area contributed by atoms with E-state index in [-0.39, 0.29) is 0 Å². The van der Waals surface area contributed by atoms with Gasteiger partial charge in [-0.3, -0.25) is 4.79 Å². The number of hydrogen-bond acceptors (Lipinski definition) is 2. The number of ketones is 1. The molecule has 0 unspecified atom stereocenters. The maximum absolute atomic E-state index is 11.8. The van der Waals surface area contributed by atoms with Crippen LogP contribution in [0, 0.1) is 5.92 Å². The molecule has 0 aliphatic heterocycles. The maximum atomic E-state index is 11.8. The van der Waals surface area contributed by atoms with Gasteiger partial charge in [0.15, 0.2) is 5.78 Å². The smallest absolute Gasteiger partial charge is 0.163 e. The number of Topliss-reactive ketones (excluding diaryl/α,β-unsaturated/α-hetero) is 1. The zero-order valence-corrected chi connectivity index (χ0v) is 8.84. The third-order valence-corrected chi connectivity index (χ3v) is 2.59. The van der Waals surface area contributed by atoms with E-state index >= 15 is 0 Å². The minimum atomic E-state index is 0.339. The van der Waals surface area contributed by atoms with Gasteiger partial charge in [0.25, 0.3) is 0 Å². The Hall–Kier alpha value is -0.790. The average molecular weight is 181 g/mol. The monoisotopic (exact) mass is 181 g/mol. The van der Waals surface area contributed by atoms with Crippen molar-refractivity contribution in [2.75, 3.05) is 14.1 Å². The summed E-state index contributed by atoms with van der Waals surface area (Å²) in [5.41, 5.74) is 0.981. The molecule has 74 valence electrons. The highest BCUT2D eigenvalue weighted by Crippen LogP contribution is 2.30. The van der Waals surface area contributed by atoms with Gasteiger partial charge in [0.1, 0.15) is 0 Å². The van der Waals surface area contributed by atoms with E-state index in [1.54, 1.807) is 0 Å². The van der Waals surface area contributed by atoms with Gasteiger partial charge >= 0.3 is 0 Å². The van der Waals surface area contributed by atoms with Crippen molar-refractivity contribution in [1.82, 2.24) is 4.90 Å². The quantitative estimate of drug-likeness (QED) is 0.620. The Balaban J connectivity index is 2.59. The highest BCUT2D eigenvalue weighted by Gasteiger charge is 2.26. The van der Waals surface area contributed by atoms with E-state index in [1.807, 2.05) is 32.1 Å². The molecule has 0 heterocycles. The lowest BCUT2D eigenvalue weighted by atomic mass is 9.79. The van der Waals surface area contributed by atoms with Crippen LogP contribution in [-0.4, -0.2) is 24.8 Å². The fourth-order valence-corrected chi connectivity index (χ4v) is 1.57. The molecule has 1 saturated carbocycles. The second-order valence-corrected chi connectivity index (χ2v) is 3.96. The molecule has 0 aromatic carbocycles. The first-order chi connectivity index (χ1) is 6.15. The number of carbonyl (C=O) groups excluding carboxylic acids is 1. The molecule has 2 nitrogen and oxygen atoms in total. The Bertz CT molecular complexity index is 214. The van der Waals surface area contributed by atoms with Crippen LogP contribution in [0.3, 0.4) is 0 Å². The van der Waals surface area contributed by atoms with Crippen molar-refractivity contribution in [1.29, 1.82) is 0 Å². The largest absolute Gasteiger partial charge is 0.383 e. The van der Waals surface area contributed by atoms with Crippen molar-refractivity contribution in [3.05, 3.63) is 11.8 Å². The van der Waals surface area contributed by atoms with Crippen LogP contribution in [0.4, 0.5) is 0 Å². The standard InChI is InChI=1S/C11H19NO/c1-4-9(8-12(2)3)11(13)10-6-5-7-10/h8,10H,4-7H2,1-3H3/b9-8+. The van der Waals surface area contributed by atoms with Gasteiger partial charge in [-0.2, -0.15) is 0 Å². The van der Waals surface area contributed by atoms with Crippen LogP contribution in [0.1, 0.15) is 32.6 Å². The Morgan fingerprint density at radius 2 is 2.08 bits per heavy atom. The molecule has 0 atom stereocenters. The third kappa shape index (κ3) is 2.58. The molecule has 0 spiro atoms. The van der Waals surface area contributed by atoms with Crippen molar-refractivity contribution >= 4 is 5.78 Å². The fourth-order valence-electron chi connectivity index (χ4n) is 1.57. The molecule has 0 saturated heterocycles. The Kier molecular flexibility index (Phi) is 3.52. The lowest BCUT2D eigenvalue weighted by Crippen LogP contribution is -2.24. The summed E-state index contributed by atoms with van der Waals surface area (Å²) in [6.07, 6.45) is 6.25. The van der Waals surface area contributed by atoms with Gasteiger partial charge in [-0.1, -0.05) is 13.3 Å². The van der Waals surface area contributed by atoms with Crippen LogP contribution in [-0.2, 0) is 4.79 Å². The molecular formula is C11H19NO. The number of hydrogen-bond donors (Lipinski definition) is 0. The SMILES string of the molecule is CC/C(=C\N(C)C)C(=O)C1CCC1. The second-order valence-electron chi connectivity index (χ2n) is 3.96. The maximum Gasteiger partial charge on any atom is 0.163 e. The molecule has 0 aromatic heterocycles. The molecule has 0 radical (unpaired) electrons. The van der Waals surface area contributed by atoms with Gasteiger partial charge in [0.2, 0.25) is 0 Å². The van der Waals surface area contributed by atoms with Crippen LogP contribution < -0.4 is 0 Å². The first-order valence-corrected chi connectivity index (χ1v) is 5.06. The normalized spacial score (nSPS) is 18.2. The molecule has 13 heavy (non-hydrogen) atoms. The number of nitrogens with zero attached hydrogens (tertiary/aromatic N) is 1. The van der Waals surface area contributed by atoms with Gasteiger partial charge < -0.3 is 4.90 Å². The average Bonchev–Trinajstić information content (AvgIpc) is 1.96. The topological polar surface area (TPSA) is 20.3 Å². The van der Waals surface area contributed by atoms with Crippen LogP contribution in [0.15, 0.2) is 11.8 Å². The first kappa shape index (κ1) is 10.3. The van der Waals surface area contributed by atoms with E-state index in [0.717, 1.165) is 24.8 Å². The Labute approximate surface area is 80.6 Å². The molecular weight excluding hydrogens is 162 g/mol. The number of carbonyl (C=O) groups is 1. The lowest BCUT2D eigenvalue weighted by molar-refractivity contribution is -0.121. The van der Waals surface area contributed by atoms with Crippen LogP contribution in [0.5, 0.6) is 0 Å². The summed E-state index contributed by atoms with van der Waals surface area (Å²) in [6.45, 7) is 2.05. The molecule has 2 heteroatoms. The van der Waals surface area contributed by atoms with Crippen molar-refractivity contribution < 1.29 is 4.79 Å². The van der Waals surface area contributed by atoms with Crippen LogP contribution in [0.25, 0.3) is 0 Å². The van der Waals surface area contributed by atoms with E-state index in [1.165, 1.54) is 6.42 Å². The first-order valence-electron chi connectivity index (χ1n) is 5.06. The molecule has 1 rings (SSSR count). The third-order valence-electron chi connectivity index (χ3n) is 2.59. The second kappa shape index (κ2) is 4.45. The summed E-state index contributed by atoms with van der Waals surface area (Å²) in [4.78, 5) is 13.8. The summed E-state index contributed by atoms with van der Waals surface area (Å²) in [6, 6.07) is 0.